The third-order valence-electron chi connectivity index (χ3n) is 3.29. The van der Waals surface area contributed by atoms with Crippen LogP contribution in [0.25, 0.3) is 0 Å². The highest BCUT2D eigenvalue weighted by Gasteiger charge is 2.36. The van der Waals surface area contributed by atoms with Crippen LogP contribution in [0.5, 0.6) is 0 Å². The van der Waals surface area contributed by atoms with Gasteiger partial charge in [-0.3, -0.25) is 9.59 Å². The molecule has 0 unspecified atom stereocenters. The van der Waals surface area contributed by atoms with Gasteiger partial charge in [-0.2, -0.15) is 13.2 Å². The molecular formula is C14H14F3NO4. The molecule has 0 aliphatic carbocycles. The molecule has 1 fully saturated rings. The van der Waals surface area contributed by atoms with Gasteiger partial charge in [-0.15, -0.1) is 0 Å². The van der Waals surface area contributed by atoms with Gasteiger partial charge in [0.05, 0.1) is 30.3 Å². The molecule has 1 aromatic rings. The number of hydrogen-bond donors (Lipinski definition) is 1. The van der Waals surface area contributed by atoms with Crippen molar-refractivity contribution in [2.24, 2.45) is 0 Å². The molecule has 1 atom stereocenters. The number of hydrogen-bond acceptors (Lipinski definition) is 3. The summed E-state index contributed by atoms with van der Waals surface area (Å²) in [7, 11) is 0. The summed E-state index contributed by atoms with van der Waals surface area (Å²) in [5.41, 5.74) is -1.44. The highest BCUT2D eigenvalue weighted by molar-refractivity contribution is 5.96. The molecule has 22 heavy (non-hydrogen) atoms. The summed E-state index contributed by atoms with van der Waals surface area (Å²) in [6.45, 7) is 0.177. The Kier molecular flexibility index (Phi) is 4.70. The van der Waals surface area contributed by atoms with Gasteiger partial charge in [-0.1, -0.05) is 12.1 Å². The van der Waals surface area contributed by atoms with Crippen LogP contribution in [0.2, 0.25) is 0 Å². The van der Waals surface area contributed by atoms with Crippen LogP contribution >= 0.6 is 0 Å². The zero-order valence-corrected chi connectivity index (χ0v) is 11.5. The molecule has 5 nitrogen and oxygen atoms in total. The Morgan fingerprint density at radius 3 is 2.64 bits per heavy atom. The average Bonchev–Trinajstić information content (AvgIpc) is 2.45. The van der Waals surface area contributed by atoms with E-state index in [0.29, 0.717) is 0 Å². The maximum Gasteiger partial charge on any atom is 0.417 e. The highest BCUT2D eigenvalue weighted by Crippen LogP contribution is 2.32. The summed E-state index contributed by atoms with van der Waals surface area (Å²) >= 11 is 0. The first-order chi connectivity index (χ1) is 10.3. The van der Waals surface area contributed by atoms with Crippen molar-refractivity contribution < 1.29 is 32.6 Å². The first-order valence-corrected chi connectivity index (χ1v) is 6.58. The molecule has 1 amide bonds. The Bertz CT molecular complexity index is 573. The predicted octanol–water partition coefficient (Wildman–Crippen LogP) is 2.02. The predicted molar refractivity (Wildman–Crippen MR) is 69.3 cm³/mol. The number of morpholine rings is 1. The van der Waals surface area contributed by atoms with Crippen molar-refractivity contribution in [3.05, 3.63) is 35.4 Å². The van der Waals surface area contributed by atoms with Gasteiger partial charge in [-0.25, -0.2) is 0 Å². The number of alkyl halides is 3. The number of carboxylic acids is 1. The van der Waals surface area contributed by atoms with Crippen molar-refractivity contribution in [1.82, 2.24) is 4.90 Å². The largest absolute Gasteiger partial charge is 0.481 e. The van der Waals surface area contributed by atoms with Gasteiger partial charge in [0.2, 0.25) is 0 Å². The Morgan fingerprint density at radius 2 is 2.00 bits per heavy atom. The van der Waals surface area contributed by atoms with Gasteiger partial charge >= 0.3 is 12.1 Å². The zero-order valence-electron chi connectivity index (χ0n) is 11.5. The lowest BCUT2D eigenvalue weighted by atomic mass is 10.0. The fraction of sp³-hybridized carbons (Fsp3) is 0.429. The van der Waals surface area contributed by atoms with Crippen molar-refractivity contribution in [2.75, 3.05) is 19.7 Å². The monoisotopic (exact) mass is 317 g/mol. The van der Waals surface area contributed by atoms with Gasteiger partial charge in [0.15, 0.2) is 0 Å². The fourth-order valence-corrected chi connectivity index (χ4v) is 2.31. The molecule has 0 saturated carbocycles. The SMILES string of the molecule is O=C(O)C[C@@H]1CN(C(=O)c2ccccc2C(F)(F)F)CCO1. The summed E-state index contributed by atoms with van der Waals surface area (Å²) in [4.78, 5) is 24.2. The molecule has 1 aromatic carbocycles. The molecule has 1 aliphatic heterocycles. The second-order valence-corrected chi connectivity index (χ2v) is 4.89. The van der Waals surface area contributed by atoms with E-state index in [4.69, 9.17) is 9.84 Å². The molecule has 0 aromatic heterocycles. The Balaban J connectivity index is 2.20. The lowest BCUT2D eigenvalue weighted by Gasteiger charge is -2.32. The Hall–Kier alpha value is -2.09. The van der Waals surface area contributed by atoms with E-state index >= 15 is 0 Å². The minimum Gasteiger partial charge on any atom is -0.481 e. The van der Waals surface area contributed by atoms with Crippen LogP contribution in [0, 0.1) is 0 Å². The summed E-state index contributed by atoms with van der Waals surface area (Å²) in [5.74, 6) is -1.86. The van der Waals surface area contributed by atoms with E-state index in [2.05, 4.69) is 0 Å². The van der Waals surface area contributed by atoms with Crippen molar-refractivity contribution in [3.63, 3.8) is 0 Å². The van der Waals surface area contributed by atoms with Crippen molar-refractivity contribution in [3.8, 4) is 0 Å². The lowest BCUT2D eigenvalue weighted by molar-refractivity contribution is -0.141. The van der Waals surface area contributed by atoms with Gasteiger partial charge in [0.25, 0.3) is 5.91 Å². The van der Waals surface area contributed by atoms with Crippen LogP contribution in [0.4, 0.5) is 13.2 Å². The maximum absolute atomic E-state index is 13.0. The first kappa shape index (κ1) is 16.3. The molecule has 0 bridgehead atoms. The van der Waals surface area contributed by atoms with E-state index in [0.717, 1.165) is 12.1 Å². The molecule has 8 heteroatoms. The molecule has 2 rings (SSSR count). The van der Waals surface area contributed by atoms with Crippen LogP contribution in [0.15, 0.2) is 24.3 Å². The van der Waals surface area contributed by atoms with Crippen molar-refractivity contribution in [2.45, 2.75) is 18.7 Å². The number of rotatable bonds is 3. The third-order valence-corrected chi connectivity index (χ3v) is 3.29. The van der Waals surface area contributed by atoms with E-state index < -0.39 is 35.3 Å². The molecule has 1 N–H and O–H groups in total. The van der Waals surface area contributed by atoms with Gasteiger partial charge in [0.1, 0.15) is 0 Å². The average molecular weight is 317 g/mol. The summed E-state index contributed by atoms with van der Waals surface area (Å²) in [5, 5.41) is 8.73. The second kappa shape index (κ2) is 6.35. The Morgan fingerprint density at radius 1 is 1.32 bits per heavy atom. The number of carbonyl (C=O) groups is 2. The standard InChI is InChI=1S/C14H14F3NO4/c15-14(16,17)11-4-2-1-3-10(11)13(21)18-5-6-22-9(8-18)7-12(19)20/h1-4,9H,5-8H2,(H,19,20)/t9-/m1/s1. The van der Waals surface area contributed by atoms with Crippen LogP contribution in [0.1, 0.15) is 22.3 Å². The van der Waals surface area contributed by atoms with Gasteiger partial charge in [-0.05, 0) is 12.1 Å². The van der Waals surface area contributed by atoms with Crippen LogP contribution in [0.3, 0.4) is 0 Å². The van der Waals surface area contributed by atoms with Gasteiger partial charge in [0, 0.05) is 13.1 Å². The number of benzene rings is 1. The maximum atomic E-state index is 13.0. The van der Waals surface area contributed by atoms with E-state index in [1.54, 1.807) is 0 Å². The van der Waals surface area contributed by atoms with Crippen molar-refractivity contribution >= 4 is 11.9 Å². The number of aliphatic carboxylic acids is 1. The minimum atomic E-state index is -4.63. The topological polar surface area (TPSA) is 66.8 Å². The number of nitrogens with zero attached hydrogens (tertiary/aromatic N) is 1. The van der Waals surface area contributed by atoms with E-state index in [9.17, 15) is 22.8 Å². The normalized spacial score (nSPS) is 19.0. The molecule has 1 heterocycles. The summed E-state index contributed by atoms with van der Waals surface area (Å²) < 4.78 is 44.1. The first-order valence-electron chi connectivity index (χ1n) is 6.58. The number of halogens is 3. The summed E-state index contributed by atoms with van der Waals surface area (Å²) in [6.07, 6.45) is -5.64. The fourth-order valence-electron chi connectivity index (χ4n) is 2.31. The summed E-state index contributed by atoms with van der Waals surface area (Å²) in [6, 6.07) is 4.54. The lowest BCUT2D eigenvalue weighted by Crippen LogP contribution is -2.46. The smallest absolute Gasteiger partial charge is 0.417 e. The molecule has 1 aliphatic rings. The molecule has 0 radical (unpaired) electrons. The number of amides is 1. The molecule has 0 spiro atoms. The van der Waals surface area contributed by atoms with E-state index in [1.165, 1.54) is 17.0 Å². The number of carbonyl (C=O) groups excluding carboxylic acids is 1. The third kappa shape index (κ3) is 3.76. The van der Waals surface area contributed by atoms with Crippen LogP contribution < -0.4 is 0 Å². The zero-order chi connectivity index (χ0) is 16.3. The quantitative estimate of drug-likeness (QED) is 0.926. The van der Waals surface area contributed by atoms with Crippen LogP contribution in [-0.2, 0) is 15.7 Å². The van der Waals surface area contributed by atoms with Crippen molar-refractivity contribution in [1.29, 1.82) is 0 Å². The number of ether oxygens (including phenoxy) is 1. The molecule has 1 saturated heterocycles. The highest BCUT2D eigenvalue weighted by atomic mass is 19.4. The van der Waals surface area contributed by atoms with Crippen LogP contribution in [-0.4, -0.2) is 47.7 Å². The van der Waals surface area contributed by atoms with Gasteiger partial charge < -0.3 is 14.7 Å². The second-order valence-electron chi connectivity index (χ2n) is 4.89. The minimum absolute atomic E-state index is 0.0443. The molecular weight excluding hydrogens is 303 g/mol. The van der Waals surface area contributed by atoms with E-state index in [1.807, 2.05) is 0 Å². The number of carboxylic acid groups (broad SMARTS) is 1. The van der Waals surface area contributed by atoms with E-state index in [-0.39, 0.29) is 26.1 Å². The Labute approximate surface area is 124 Å². The molecule has 120 valence electrons.